The van der Waals surface area contributed by atoms with Crippen molar-refractivity contribution in [1.29, 1.82) is 0 Å². The molecule has 0 aromatic heterocycles. The van der Waals surface area contributed by atoms with Crippen molar-refractivity contribution in [1.82, 2.24) is 0 Å². The van der Waals surface area contributed by atoms with Crippen LogP contribution in [0, 0.1) is 6.92 Å². The van der Waals surface area contributed by atoms with E-state index in [9.17, 15) is 8.78 Å². The molecule has 3 heteroatoms. The lowest BCUT2D eigenvalue weighted by Gasteiger charge is -2.15. The molecule has 0 bridgehead atoms. The number of aryl methyl sites for hydroxylation is 1. The molecule has 0 fully saturated rings. The van der Waals surface area contributed by atoms with Gasteiger partial charge in [-0.2, -0.15) is 0 Å². The first-order valence-corrected chi connectivity index (χ1v) is 3.98. The average molecular weight is 186 g/mol. The van der Waals surface area contributed by atoms with Crippen molar-refractivity contribution in [3.63, 3.8) is 0 Å². The lowest BCUT2D eigenvalue weighted by atomic mass is 10.1. The van der Waals surface area contributed by atoms with E-state index < -0.39 is 5.92 Å². The highest BCUT2D eigenvalue weighted by Gasteiger charge is 2.28. The van der Waals surface area contributed by atoms with E-state index in [1.165, 1.54) is 13.2 Å². The van der Waals surface area contributed by atoms with Crippen molar-refractivity contribution in [3.05, 3.63) is 29.3 Å². The van der Waals surface area contributed by atoms with Crippen LogP contribution >= 0.6 is 0 Å². The second-order valence-corrected chi connectivity index (χ2v) is 3.09. The Bertz CT molecular complexity index is 302. The van der Waals surface area contributed by atoms with Crippen LogP contribution in [-0.2, 0) is 5.92 Å². The largest absolute Gasteiger partial charge is 0.496 e. The van der Waals surface area contributed by atoms with Crippen LogP contribution in [-0.4, -0.2) is 7.11 Å². The van der Waals surface area contributed by atoms with Crippen molar-refractivity contribution in [3.8, 4) is 5.75 Å². The van der Waals surface area contributed by atoms with Gasteiger partial charge in [-0.05, 0) is 19.1 Å². The van der Waals surface area contributed by atoms with Gasteiger partial charge in [-0.1, -0.05) is 11.6 Å². The Labute approximate surface area is 76.3 Å². The summed E-state index contributed by atoms with van der Waals surface area (Å²) < 4.78 is 30.9. The van der Waals surface area contributed by atoms with Gasteiger partial charge in [0.1, 0.15) is 5.75 Å². The topological polar surface area (TPSA) is 9.23 Å². The van der Waals surface area contributed by atoms with Crippen LogP contribution in [0.3, 0.4) is 0 Å². The van der Waals surface area contributed by atoms with E-state index in [2.05, 4.69) is 0 Å². The highest BCUT2D eigenvalue weighted by atomic mass is 19.3. The van der Waals surface area contributed by atoms with E-state index in [1.807, 2.05) is 0 Å². The predicted molar refractivity (Wildman–Crippen MR) is 47.3 cm³/mol. The Kier molecular flexibility index (Phi) is 2.55. The fraction of sp³-hybridized carbons (Fsp3) is 0.400. The first-order valence-electron chi connectivity index (χ1n) is 3.98. The number of halogens is 2. The summed E-state index contributed by atoms with van der Waals surface area (Å²) in [7, 11) is 1.39. The van der Waals surface area contributed by atoms with Crippen LogP contribution in [0.4, 0.5) is 8.78 Å². The van der Waals surface area contributed by atoms with Crippen LogP contribution in [0.2, 0.25) is 0 Å². The summed E-state index contributed by atoms with van der Waals surface area (Å²) in [6.45, 7) is 2.64. The average Bonchev–Trinajstić information content (AvgIpc) is 2.03. The Hall–Kier alpha value is -1.12. The minimum atomic E-state index is -2.85. The van der Waals surface area contributed by atoms with Gasteiger partial charge in [0.25, 0.3) is 5.92 Å². The molecule has 0 radical (unpaired) electrons. The number of hydrogen-bond donors (Lipinski definition) is 0. The Balaban J connectivity index is 3.24. The molecule has 0 saturated heterocycles. The molecule has 1 nitrogen and oxygen atoms in total. The minimum absolute atomic E-state index is 0.0602. The number of alkyl halides is 2. The number of ether oxygens (including phenoxy) is 1. The Morgan fingerprint density at radius 1 is 1.31 bits per heavy atom. The quantitative estimate of drug-likeness (QED) is 0.689. The zero-order valence-electron chi connectivity index (χ0n) is 7.90. The SMILES string of the molecule is COc1ccc(C)cc1C(C)(F)F. The van der Waals surface area contributed by atoms with Gasteiger partial charge in [0.2, 0.25) is 0 Å². The normalized spacial score (nSPS) is 11.5. The number of rotatable bonds is 2. The molecule has 0 aliphatic carbocycles. The lowest BCUT2D eigenvalue weighted by molar-refractivity contribution is 0.0150. The summed E-state index contributed by atoms with van der Waals surface area (Å²) >= 11 is 0. The summed E-state index contributed by atoms with van der Waals surface area (Å²) in [5, 5.41) is 0. The van der Waals surface area contributed by atoms with Crippen LogP contribution in [0.1, 0.15) is 18.1 Å². The summed E-state index contributed by atoms with van der Waals surface area (Å²) in [5.41, 5.74) is 0.743. The van der Waals surface area contributed by atoms with E-state index in [0.717, 1.165) is 12.5 Å². The maximum atomic E-state index is 13.0. The van der Waals surface area contributed by atoms with Crippen LogP contribution in [0.25, 0.3) is 0 Å². The first-order chi connectivity index (χ1) is 5.95. The van der Waals surface area contributed by atoms with Crippen molar-refractivity contribution >= 4 is 0 Å². The molecule has 0 N–H and O–H groups in total. The molecule has 0 heterocycles. The van der Waals surface area contributed by atoms with Crippen LogP contribution in [0.15, 0.2) is 18.2 Å². The molecule has 13 heavy (non-hydrogen) atoms. The predicted octanol–water partition coefficient (Wildman–Crippen LogP) is 3.12. The highest BCUT2D eigenvalue weighted by Crippen LogP contribution is 2.34. The summed E-state index contributed by atoms with van der Waals surface area (Å²) in [6, 6.07) is 4.75. The summed E-state index contributed by atoms with van der Waals surface area (Å²) in [6.07, 6.45) is 0. The van der Waals surface area contributed by atoms with E-state index in [1.54, 1.807) is 19.1 Å². The molecular formula is C10H12F2O. The molecule has 1 aromatic rings. The van der Waals surface area contributed by atoms with Crippen molar-refractivity contribution < 1.29 is 13.5 Å². The van der Waals surface area contributed by atoms with Gasteiger partial charge in [0.05, 0.1) is 12.7 Å². The third-order valence-electron chi connectivity index (χ3n) is 1.83. The highest BCUT2D eigenvalue weighted by molar-refractivity contribution is 5.39. The van der Waals surface area contributed by atoms with Crippen LogP contribution < -0.4 is 4.74 Å². The van der Waals surface area contributed by atoms with E-state index >= 15 is 0 Å². The molecule has 72 valence electrons. The van der Waals surface area contributed by atoms with Crippen molar-refractivity contribution in [2.24, 2.45) is 0 Å². The molecule has 0 amide bonds. The molecule has 0 aliphatic heterocycles. The van der Waals surface area contributed by atoms with Gasteiger partial charge in [0, 0.05) is 6.92 Å². The lowest BCUT2D eigenvalue weighted by Crippen LogP contribution is -2.09. The number of methoxy groups -OCH3 is 1. The third kappa shape index (κ3) is 2.17. The van der Waals surface area contributed by atoms with Gasteiger partial charge in [0.15, 0.2) is 0 Å². The van der Waals surface area contributed by atoms with Gasteiger partial charge >= 0.3 is 0 Å². The number of benzene rings is 1. The maximum Gasteiger partial charge on any atom is 0.274 e. The van der Waals surface area contributed by atoms with Gasteiger partial charge in [-0.25, -0.2) is 8.78 Å². The van der Waals surface area contributed by atoms with E-state index in [-0.39, 0.29) is 11.3 Å². The van der Waals surface area contributed by atoms with Gasteiger partial charge in [-0.15, -0.1) is 0 Å². The Morgan fingerprint density at radius 2 is 1.92 bits per heavy atom. The fourth-order valence-corrected chi connectivity index (χ4v) is 1.16. The zero-order chi connectivity index (χ0) is 10.1. The molecule has 0 spiro atoms. The molecule has 0 atom stereocenters. The molecule has 1 aromatic carbocycles. The smallest absolute Gasteiger partial charge is 0.274 e. The standard InChI is InChI=1S/C10H12F2O/c1-7-4-5-9(13-3)8(6-7)10(2,11)12/h4-6H,1-3H3. The molecular weight excluding hydrogens is 174 g/mol. The first kappa shape index (κ1) is 9.96. The van der Waals surface area contributed by atoms with Gasteiger partial charge in [-0.3, -0.25) is 0 Å². The van der Waals surface area contributed by atoms with E-state index in [0.29, 0.717) is 0 Å². The number of hydrogen-bond acceptors (Lipinski definition) is 1. The monoisotopic (exact) mass is 186 g/mol. The maximum absolute atomic E-state index is 13.0. The summed E-state index contributed by atoms with van der Waals surface area (Å²) in [5.74, 6) is -2.62. The fourth-order valence-electron chi connectivity index (χ4n) is 1.16. The summed E-state index contributed by atoms with van der Waals surface area (Å²) in [4.78, 5) is 0. The van der Waals surface area contributed by atoms with Gasteiger partial charge < -0.3 is 4.74 Å². The molecule has 0 unspecified atom stereocenters. The zero-order valence-corrected chi connectivity index (χ0v) is 7.90. The van der Waals surface area contributed by atoms with Crippen molar-refractivity contribution in [2.45, 2.75) is 19.8 Å². The molecule has 1 rings (SSSR count). The Morgan fingerprint density at radius 3 is 2.38 bits per heavy atom. The van der Waals surface area contributed by atoms with E-state index in [4.69, 9.17) is 4.74 Å². The minimum Gasteiger partial charge on any atom is -0.496 e. The third-order valence-corrected chi connectivity index (χ3v) is 1.83. The second kappa shape index (κ2) is 3.32. The molecule has 0 saturated carbocycles. The molecule has 0 aliphatic rings. The van der Waals surface area contributed by atoms with Crippen molar-refractivity contribution in [2.75, 3.05) is 7.11 Å². The van der Waals surface area contributed by atoms with Crippen LogP contribution in [0.5, 0.6) is 5.75 Å². The second-order valence-electron chi connectivity index (χ2n) is 3.09.